The summed E-state index contributed by atoms with van der Waals surface area (Å²) in [5, 5.41) is 9.35. The molecule has 0 aliphatic carbocycles. The maximum atomic E-state index is 11.9. The highest BCUT2D eigenvalue weighted by molar-refractivity contribution is 6.07. The number of aromatic carboxylic acids is 1. The molecule has 0 spiro atoms. The number of carboxylic acid groups (broad SMARTS) is 1. The smallest absolute Gasteiger partial charge is 0.339 e. The summed E-state index contributed by atoms with van der Waals surface area (Å²) < 4.78 is 10.2. The Morgan fingerprint density at radius 3 is 2.21 bits per heavy atom. The summed E-state index contributed by atoms with van der Waals surface area (Å²) in [6.07, 6.45) is 0. The summed E-state index contributed by atoms with van der Waals surface area (Å²) in [6.45, 7) is 1.37. The Morgan fingerprint density at radius 1 is 1.00 bits per heavy atom. The minimum atomic E-state index is -1.25. The Morgan fingerprint density at radius 2 is 1.67 bits per heavy atom. The molecule has 6 heteroatoms. The number of ketones is 1. The van der Waals surface area contributed by atoms with Gasteiger partial charge in [-0.25, -0.2) is 9.59 Å². The molecule has 0 saturated heterocycles. The van der Waals surface area contributed by atoms with Crippen LogP contribution in [0.25, 0.3) is 0 Å². The van der Waals surface area contributed by atoms with E-state index in [2.05, 4.69) is 4.74 Å². The van der Waals surface area contributed by atoms with E-state index in [0.717, 1.165) is 11.6 Å². The molecule has 2 aromatic rings. The highest BCUT2D eigenvalue weighted by Gasteiger charge is 2.22. The van der Waals surface area contributed by atoms with Crippen LogP contribution in [-0.4, -0.2) is 29.9 Å². The quantitative estimate of drug-likeness (QED) is 0.648. The van der Waals surface area contributed by atoms with E-state index in [9.17, 15) is 19.5 Å². The van der Waals surface area contributed by atoms with Crippen molar-refractivity contribution in [3.8, 4) is 5.75 Å². The van der Waals surface area contributed by atoms with E-state index >= 15 is 0 Å². The lowest BCUT2D eigenvalue weighted by Crippen LogP contribution is -2.13. The number of benzene rings is 2. The van der Waals surface area contributed by atoms with Crippen molar-refractivity contribution in [2.45, 2.75) is 13.5 Å². The molecule has 0 aliphatic heterocycles. The lowest BCUT2D eigenvalue weighted by Gasteiger charge is -2.13. The van der Waals surface area contributed by atoms with Crippen molar-refractivity contribution in [1.82, 2.24) is 0 Å². The van der Waals surface area contributed by atoms with Crippen molar-refractivity contribution < 1.29 is 29.0 Å². The number of hydrogen-bond acceptors (Lipinski definition) is 5. The predicted octanol–water partition coefficient (Wildman–Crippen LogP) is 2.95. The van der Waals surface area contributed by atoms with Gasteiger partial charge in [0.05, 0.1) is 12.7 Å². The standard InChI is InChI=1S/C18H16O6/c1-11(19)13-8-15(17(20)21)16(9-14(13)18(22)23-2)24-10-12-6-4-3-5-7-12/h3-9H,10H2,1-2H3,(H,20,21). The average Bonchev–Trinajstić information content (AvgIpc) is 2.59. The molecule has 2 aromatic carbocycles. The molecule has 0 atom stereocenters. The molecule has 0 fully saturated rings. The predicted molar refractivity (Wildman–Crippen MR) is 85.5 cm³/mol. The molecule has 24 heavy (non-hydrogen) atoms. The summed E-state index contributed by atoms with van der Waals surface area (Å²) in [6, 6.07) is 11.5. The summed E-state index contributed by atoms with van der Waals surface area (Å²) in [5.41, 5.74) is 0.595. The fourth-order valence-electron chi connectivity index (χ4n) is 2.17. The van der Waals surface area contributed by atoms with Crippen molar-refractivity contribution in [2.24, 2.45) is 0 Å². The van der Waals surface area contributed by atoms with Crippen LogP contribution in [0.1, 0.15) is 43.6 Å². The first-order valence-electron chi connectivity index (χ1n) is 7.11. The lowest BCUT2D eigenvalue weighted by molar-refractivity contribution is 0.0594. The van der Waals surface area contributed by atoms with Crippen molar-refractivity contribution in [2.75, 3.05) is 7.11 Å². The fourth-order valence-corrected chi connectivity index (χ4v) is 2.17. The van der Waals surface area contributed by atoms with E-state index in [1.807, 2.05) is 30.3 Å². The second kappa shape index (κ2) is 7.41. The molecule has 6 nitrogen and oxygen atoms in total. The lowest BCUT2D eigenvalue weighted by atomic mass is 10.00. The van der Waals surface area contributed by atoms with E-state index in [0.29, 0.717) is 0 Å². The van der Waals surface area contributed by atoms with Gasteiger partial charge in [0.15, 0.2) is 5.78 Å². The maximum absolute atomic E-state index is 11.9. The maximum Gasteiger partial charge on any atom is 0.339 e. The molecule has 1 N–H and O–H groups in total. The molecule has 0 saturated carbocycles. The first-order chi connectivity index (χ1) is 11.4. The van der Waals surface area contributed by atoms with Crippen LogP contribution in [0.15, 0.2) is 42.5 Å². The van der Waals surface area contributed by atoms with Gasteiger partial charge in [0.25, 0.3) is 0 Å². The number of esters is 1. The number of carbonyl (C=O) groups is 3. The van der Waals surface area contributed by atoms with Crippen molar-refractivity contribution in [1.29, 1.82) is 0 Å². The summed E-state index contributed by atoms with van der Waals surface area (Å²) in [7, 11) is 1.18. The molecule has 0 aliphatic rings. The fraction of sp³-hybridized carbons (Fsp3) is 0.167. The Kier molecular flexibility index (Phi) is 5.31. The van der Waals surface area contributed by atoms with E-state index in [1.165, 1.54) is 20.1 Å². The van der Waals surface area contributed by atoms with Gasteiger partial charge in [-0.3, -0.25) is 4.79 Å². The van der Waals surface area contributed by atoms with Gasteiger partial charge in [0, 0.05) is 5.56 Å². The SMILES string of the molecule is COC(=O)c1cc(OCc2ccccc2)c(C(=O)O)cc1C(C)=O. The molecule has 0 aromatic heterocycles. The second-order valence-corrected chi connectivity index (χ2v) is 5.02. The summed E-state index contributed by atoms with van der Waals surface area (Å²) >= 11 is 0. The van der Waals surface area contributed by atoms with Crippen molar-refractivity contribution in [3.05, 3.63) is 64.7 Å². The topological polar surface area (TPSA) is 89.9 Å². The minimum absolute atomic E-state index is 0.00301. The highest BCUT2D eigenvalue weighted by atomic mass is 16.5. The average molecular weight is 328 g/mol. The molecule has 0 heterocycles. The molecule has 2 rings (SSSR count). The molecule has 0 bridgehead atoms. The zero-order valence-electron chi connectivity index (χ0n) is 13.2. The van der Waals surface area contributed by atoms with Crippen LogP contribution in [0.5, 0.6) is 5.75 Å². The van der Waals surface area contributed by atoms with Crippen LogP contribution in [0.4, 0.5) is 0 Å². The zero-order valence-corrected chi connectivity index (χ0v) is 13.2. The van der Waals surface area contributed by atoms with Gasteiger partial charge in [-0.05, 0) is 24.6 Å². The third kappa shape index (κ3) is 3.78. The number of ether oxygens (including phenoxy) is 2. The van der Waals surface area contributed by atoms with Crippen LogP contribution >= 0.6 is 0 Å². The van der Waals surface area contributed by atoms with Gasteiger partial charge in [-0.2, -0.15) is 0 Å². The van der Waals surface area contributed by atoms with Crippen LogP contribution in [-0.2, 0) is 11.3 Å². The number of carbonyl (C=O) groups excluding carboxylic acids is 2. The Labute approximate surface area is 138 Å². The van der Waals surface area contributed by atoms with Crippen LogP contribution in [0.2, 0.25) is 0 Å². The number of carboxylic acids is 1. The summed E-state index contributed by atoms with van der Waals surface area (Å²) in [4.78, 5) is 35.0. The molecule has 0 radical (unpaired) electrons. The molecule has 124 valence electrons. The van der Waals surface area contributed by atoms with E-state index in [1.54, 1.807) is 0 Å². The minimum Gasteiger partial charge on any atom is -0.488 e. The summed E-state index contributed by atoms with van der Waals surface area (Å²) in [5.74, 6) is -2.43. The van der Waals surface area contributed by atoms with Gasteiger partial charge in [-0.1, -0.05) is 30.3 Å². The molecular weight excluding hydrogens is 312 g/mol. The van der Waals surface area contributed by atoms with Gasteiger partial charge in [0.2, 0.25) is 0 Å². The zero-order chi connectivity index (χ0) is 17.7. The second-order valence-electron chi connectivity index (χ2n) is 5.02. The van der Waals surface area contributed by atoms with E-state index in [-0.39, 0.29) is 29.0 Å². The van der Waals surface area contributed by atoms with Gasteiger partial charge in [-0.15, -0.1) is 0 Å². The van der Waals surface area contributed by atoms with Gasteiger partial charge in [0.1, 0.15) is 17.9 Å². The van der Waals surface area contributed by atoms with Gasteiger partial charge >= 0.3 is 11.9 Å². The van der Waals surface area contributed by atoms with E-state index < -0.39 is 17.7 Å². The van der Waals surface area contributed by atoms with Crippen molar-refractivity contribution in [3.63, 3.8) is 0 Å². The number of Topliss-reactive ketones (excluding diaryl/α,β-unsaturated/α-hetero) is 1. The monoisotopic (exact) mass is 328 g/mol. The normalized spacial score (nSPS) is 10.1. The molecule has 0 unspecified atom stereocenters. The van der Waals surface area contributed by atoms with Crippen LogP contribution in [0, 0.1) is 0 Å². The largest absolute Gasteiger partial charge is 0.488 e. The van der Waals surface area contributed by atoms with Crippen LogP contribution < -0.4 is 4.74 Å². The first kappa shape index (κ1) is 17.2. The number of hydrogen-bond donors (Lipinski definition) is 1. The number of rotatable bonds is 6. The first-order valence-corrected chi connectivity index (χ1v) is 7.11. The molecular formula is C18H16O6. The Hall–Kier alpha value is -3.15. The van der Waals surface area contributed by atoms with Gasteiger partial charge < -0.3 is 14.6 Å². The van der Waals surface area contributed by atoms with E-state index in [4.69, 9.17) is 4.74 Å². The Bertz CT molecular complexity index is 780. The van der Waals surface area contributed by atoms with Crippen LogP contribution in [0.3, 0.4) is 0 Å². The van der Waals surface area contributed by atoms with Crippen molar-refractivity contribution >= 4 is 17.7 Å². The highest BCUT2D eigenvalue weighted by Crippen LogP contribution is 2.26. The third-order valence-electron chi connectivity index (χ3n) is 3.37. The number of methoxy groups -OCH3 is 1. The Balaban J connectivity index is 2.46. The third-order valence-corrected chi connectivity index (χ3v) is 3.37. The molecule has 0 amide bonds.